The van der Waals surface area contributed by atoms with Gasteiger partial charge >= 0.3 is 6.09 Å². The van der Waals surface area contributed by atoms with Crippen LogP contribution in [0.2, 0.25) is 0 Å². The van der Waals surface area contributed by atoms with Crippen LogP contribution in [0.5, 0.6) is 0 Å². The molecule has 0 bridgehead atoms. The molecule has 1 aromatic rings. The molecule has 94 valence electrons. The maximum absolute atomic E-state index is 10.7. The highest BCUT2D eigenvalue weighted by Gasteiger charge is 2.19. The first-order valence-electron chi connectivity index (χ1n) is 5.76. The second-order valence-corrected chi connectivity index (χ2v) is 5.28. The van der Waals surface area contributed by atoms with Crippen LogP contribution in [-0.4, -0.2) is 58.7 Å². The van der Waals surface area contributed by atoms with E-state index in [1.54, 1.807) is 11.3 Å². The van der Waals surface area contributed by atoms with Gasteiger partial charge in [-0.3, -0.25) is 4.90 Å². The second-order valence-electron chi connectivity index (χ2n) is 4.22. The minimum Gasteiger partial charge on any atom is -0.465 e. The summed E-state index contributed by atoms with van der Waals surface area (Å²) in [5.41, 5.74) is 1.15. The van der Waals surface area contributed by atoms with Gasteiger partial charge in [-0.2, -0.15) is 0 Å². The van der Waals surface area contributed by atoms with Crippen LogP contribution in [0.25, 0.3) is 0 Å². The number of amides is 1. The molecule has 0 saturated carbocycles. The van der Waals surface area contributed by atoms with Crippen molar-refractivity contribution in [2.24, 2.45) is 0 Å². The van der Waals surface area contributed by atoms with E-state index in [1.165, 1.54) is 4.90 Å². The number of aryl methyl sites for hydroxylation is 1. The van der Waals surface area contributed by atoms with Crippen LogP contribution in [0.3, 0.4) is 0 Å². The standard InChI is InChI=1S/C11H17N3O2S/c1-9-12-10(8-17-9)2-3-13-4-6-14(7-5-13)11(15)16/h8H,2-7H2,1H3,(H,15,16). The average molecular weight is 255 g/mol. The lowest BCUT2D eigenvalue weighted by atomic mass is 10.2. The summed E-state index contributed by atoms with van der Waals surface area (Å²) >= 11 is 1.68. The van der Waals surface area contributed by atoms with Crippen molar-refractivity contribution in [2.45, 2.75) is 13.3 Å². The summed E-state index contributed by atoms with van der Waals surface area (Å²) in [6.45, 7) is 5.87. The Bertz CT molecular complexity index is 386. The van der Waals surface area contributed by atoms with E-state index in [4.69, 9.17) is 5.11 Å². The van der Waals surface area contributed by atoms with Gasteiger partial charge in [0.1, 0.15) is 0 Å². The molecule has 1 amide bonds. The van der Waals surface area contributed by atoms with Crippen molar-refractivity contribution in [1.29, 1.82) is 0 Å². The minimum absolute atomic E-state index is 0.616. The Hall–Kier alpha value is -1.14. The quantitative estimate of drug-likeness (QED) is 0.884. The molecule has 2 heterocycles. The maximum Gasteiger partial charge on any atom is 0.407 e. The molecule has 2 rings (SSSR count). The summed E-state index contributed by atoms with van der Waals surface area (Å²) in [7, 11) is 0. The van der Waals surface area contributed by atoms with Gasteiger partial charge in [0.25, 0.3) is 0 Å². The van der Waals surface area contributed by atoms with E-state index in [9.17, 15) is 4.79 Å². The normalized spacial score (nSPS) is 17.4. The van der Waals surface area contributed by atoms with Gasteiger partial charge in [0, 0.05) is 44.5 Å². The molecule has 0 spiro atoms. The van der Waals surface area contributed by atoms with E-state index in [2.05, 4.69) is 15.3 Å². The van der Waals surface area contributed by atoms with Crippen LogP contribution in [-0.2, 0) is 6.42 Å². The molecule has 1 saturated heterocycles. The molecule has 1 aliphatic heterocycles. The van der Waals surface area contributed by atoms with Gasteiger partial charge in [-0.25, -0.2) is 9.78 Å². The summed E-state index contributed by atoms with van der Waals surface area (Å²) in [4.78, 5) is 18.9. The van der Waals surface area contributed by atoms with Gasteiger partial charge in [0.2, 0.25) is 0 Å². The average Bonchev–Trinajstić information content (AvgIpc) is 2.73. The Morgan fingerprint density at radius 3 is 2.71 bits per heavy atom. The Balaban J connectivity index is 1.73. The number of thiazole rings is 1. The van der Waals surface area contributed by atoms with E-state index in [0.29, 0.717) is 13.1 Å². The molecular weight excluding hydrogens is 238 g/mol. The first-order chi connectivity index (χ1) is 8.15. The van der Waals surface area contributed by atoms with Gasteiger partial charge in [0.15, 0.2) is 0 Å². The number of piperazine rings is 1. The van der Waals surface area contributed by atoms with Gasteiger partial charge < -0.3 is 10.0 Å². The largest absolute Gasteiger partial charge is 0.465 e. The van der Waals surface area contributed by atoms with E-state index in [1.807, 2.05) is 6.92 Å². The molecule has 1 aromatic heterocycles. The number of carboxylic acid groups (broad SMARTS) is 1. The van der Waals surface area contributed by atoms with E-state index >= 15 is 0 Å². The minimum atomic E-state index is -0.806. The number of rotatable bonds is 3. The third kappa shape index (κ3) is 3.41. The number of hydrogen-bond acceptors (Lipinski definition) is 4. The molecule has 0 aliphatic carbocycles. The Morgan fingerprint density at radius 1 is 1.47 bits per heavy atom. The summed E-state index contributed by atoms with van der Waals surface area (Å²) in [5.74, 6) is 0. The third-order valence-electron chi connectivity index (χ3n) is 2.99. The summed E-state index contributed by atoms with van der Waals surface area (Å²) in [6.07, 6.45) is 0.150. The van der Waals surface area contributed by atoms with Crippen molar-refractivity contribution < 1.29 is 9.90 Å². The first-order valence-corrected chi connectivity index (χ1v) is 6.64. The number of hydrogen-bond donors (Lipinski definition) is 1. The zero-order chi connectivity index (χ0) is 12.3. The monoisotopic (exact) mass is 255 g/mol. The fourth-order valence-electron chi connectivity index (χ4n) is 1.96. The summed E-state index contributed by atoms with van der Waals surface area (Å²) < 4.78 is 0. The van der Waals surface area contributed by atoms with Crippen LogP contribution in [0.1, 0.15) is 10.7 Å². The Labute approximate surface area is 105 Å². The molecule has 1 fully saturated rings. The van der Waals surface area contributed by atoms with Crippen LogP contribution >= 0.6 is 11.3 Å². The third-order valence-corrected chi connectivity index (χ3v) is 3.82. The molecule has 1 N–H and O–H groups in total. The van der Waals surface area contributed by atoms with Gasteiger partial charge in [-0.05, 0) is 6.92 Å². The fraction of sp³-hybridized carbons (Fsp3) is 0.636. The topological polar surface area (TPSA) is 56.7 Å². The van der Waals surface area contributed by atoms with Crippen molar-refractivity contribution in [3.8, 4) is 0 Å². The lowest BCUT2D eigenvalue weighted by molar-refractivity contribution is 0.106. The van der Waals surface area contributed by atoms with Crippen molar-refractivity contribution in [1.82, 2.24) is 14.8 Å². The highest BCUT2D eigenvalue weighted by Crippen LogP contribution is 2.10. The van der Waals surface area contributed by atoms with Gasteiger partial charge in [-0.15, -0.1) is 11.3 Å². The number of aromatic nitrogens is 1. The second kappa shape index (κ2) is 5.46. The van der Waals surface area contributed by atoms with Crippen molar-refractivity contribution in [2.75, 3.05) is 32.7 Å². The van der Waals surface area contributed by atoms with E-state index in [-0.39, 0.29) is 0 Å². The molecule has 0 radical (unpaired) electrons. The Morgan fingerprint density at radius 2 is 2.18 bits per heavy atom. The number of nitrogens with zero attached hydrogens (tertiary/aromatic N) is 3. The number of carbonyl (C=O) groups is 1. The highest BCUT2D eigenvalue weighted by atomic mass is 32.1. The van der Waals surface area contributed by atoms with Crippen molar-refractivity contribution >= 4 is 17.4 Å². The molecule has 5 nitrogen and oxygen atoms in total. The molecule has 0 atom stereocenters. The molecule has 1 aliphatic rings. The van der Waals surface area contributed by atoms with Gasteiger partial charge in [-0.1, -0.05) is 0 Å². The zero-order valence-electron chi connectivity index (χ0n) is 9.93. The van der Waals surface area contributed by atoms with Crippen molar-refractivity contribution in [3.63, 3.8) is 0 Å². The predicted octanol–water partition coefficient (Wildman–Crippen LogP) is 1.29. The zero-order valence-corrected chi connectivity index (χ0v) is 10.7. The highest BCUT2D eigenvalue weighted by molar-refractivity contribution is 7.09. The molecule has 17 heavy (non-hydrogen) atoms. The van der Waals surface area contributed by atoms with Crippen LogP contribution in [0, 0.1) is 6.92 Å². The fourth-order valence-corrected chi connectivity index (χ4v) is 2.61. The predicted molar refractivity (Wildman–Crippen MR) is 66.6 cm³/mol. The lowest BCUT2D eigenvalue weighted by Gasteiger charge is -2.32. The van der Waals surface area contributed by atoms with Crippen LogP contribution < -0.4 is 0 Å². The molecule has 6 heteroatoms. The maximum atomic E-state index is 10.7. The van der Waals surface area contributed by atoms with Crippen LogP contribution in [0.4, 0.5) is 4.79 Å². The van der Waals surface area contributed by atoms with Crippen LogP contribution in [0.15, 0.2) is 5.38 Å². The first kappa shape index (κ1) is 12.3. The summed E-state index contributed by atoms with van der Waals surface area (Å²) in [5, 5.41) is 12.0. The molecule has 0 unspecified atom stereocenters. The Kier molecular flexibility index (Phi) is 3.96. The molecular formula is C11H17N3O2S. The summed E-state index contributed by atoms with van der Waals surface area (Å²) in [6, 6.07) is 0. The SMILES string of the molecule is Cc1nc(CCN2CCN(C(=O)O)CC2)cs1. The van der Waals surface area contributed by atoms with E-state index in [0.717, 1.165) is 36.8 Å². The van der Waals surface area contributed by atoms with Crippen molar-refractivity contribution in [3.05, 3.63) is 16.1 Å². The molecule has 0 aromatic carbocycles. The lowest BCUT2D eigenvalue weighted by Crippen LogP contribution is -2.48. The van der Waals surface area contributed by atoms with E-state index < -0.39 is 6.09 Å². The smallest absolute Gasteiger partial charge is 0.407 e. The van der Waals surface area contributed by atoms with Gasteiger partial charge in [0.05, 0.1) is 10.7 Å².